The SMILES string of the molecule is CC(C)(C)[Si](C)(C)OC/C=C/C(=O)NC(=O)c1ccccc1. The fourth-order valence-corrected chi connectivity index (χ4v) is 2.39. The van der Waals surface area contributed by atoms with Gasteiger partial charge in [-0.1, -0.05) is 45.0 Å². The minimum absolute atomic E-state index is 0.131. The lowest BCUT2D eigenvalue weighted by molar-refractivity contribution is -0.115. The molecule has 0 heterocycles. The third-order valence-electron chi connectivity index (χ3n) is 3.89. The van der Waals surface area contributed by atoms with Gasteiger partial charge < -0.3 is 4.43 Å². The Morgan fingerprint density at radius 2 is 1.77 bits per heavy atom. The first-order chi connectivity index (χ1) is 10.1. The number of carbonyl (C=O) groups excluding carboxylic acids is 2. The van der Waals surface area contributed by atoms with Crippen LogP contribution in [0, 0.1) is 0 Å². The zero-order valence-electron chi connectivity index (χ0n) is 14.0. The Morgan fingerprint density at radius 3 is 2.32 bits per heavy atom. The van der Waals surface area contributed by atoms with Gasteiger partial charge in [0.15, 0.2) is 8.32 Å². The number of benzene rings is 1. The highest BCUT2D eigenvalue weighted by Gasteiger charge is 2.36. The quantitative estimate of drug-likeness (QED) is 0.667. The molecule has 4 nitrogen and oxygen atoms in total. The molecule has 0 aromatic heterocycles. The normalized spacial score (nSPS) is 12.4. The van der Waals surface area contributed by atoms with Crippen LogP contribution in [0.25, 0.3) is 0 Å². The maximum atomic E-state index is 11.8. The minimum Gasteiger partial charge on any atom is -0.413 e. The van der Waals surface area contributed by atoms with Crippen LogP contribution in [-0.2, 0) is 9.22 Å². The van der Waals surface area contributed by atoms with Gasteiger partial charge in [-0.3, -0.25) is 14.9 Å². The van der Waals surface area contributed by atoms with Gasteiger partial charge in [0.25, 0.3) is 11.8 Å². The maximum Gasteiger partial charge on any atom is 0.258 e. The third kappa shape index (κ3) is 5.58. The van der Waals surface area contributed by atoms with Crippen molar-refractivity contribution in [1.82, 2.24) is 5.32 Å². The van der Waals surface area contributed by atoms with E-state index in [0.29, 0.717) is 12.2 Å². The van der Waals surface area contributed by atoms with E-state index in [1.165, 1.54) is 6.08 Å². The van der Waals surface area contributed by atoms with Crippen molar-refractivity contribution >= 4 is 20.1 Å². The molecule has 0 atom stereocenters. The van der Waals surface area contributed by atoms with E-state index in [2.05, 4.69) is 39.2 Å². The molecule has 1 N–H and O–H groups in total. The van der Waals surface area contributed by atoms with Gasteiger partial charge in [-0.25, -0.2) is 0 Å². The molecule has 1 rings (SSSR count). The van der Waals surface area contributed by atoms with Gasteiger partial charge in [-0.05, 0) is 30.3 Å². The summed E-state index contributed by atoms with van der Waals surface area (Å²) in [5, 5.41) is 2.45. The van der Waals surface area contributed by atoms with Crippen LogP contribution in [0.5, 0.6) is 0 Å². The Kier molecular flexibility index (Phi) is 6.26. The van der Waals surface area contributed by atoms with Crippen LogP contribution in [0.2, 0.25) is 18.1 Å². The molecule has 0 fully saturated rings. The third-order valence-corrected chi connectivity index (χ3v) is 8.39. The summed E-state index contributed by atoms with van der Waals surface area (Å²) in [4.78, 5) is 23.5. The molecule has 0 aliphatic carbocycles. The van der Waals surface area contributed by atoms with Gasteiger partial charge in [-0.2, -0.15) is 0 Å². The lowest BCUT2D eigenvalue weighted by atomic mass is 10.2. The van der Waals surface area contributed by atoms with Crippen LogP contribution in [0.15, 0.2) is 42.5 Å². The van der Waals surface area contributed by atoms with Gasteiger partial charge in [0.1, 0.15) is 0 Å². The lowest BCUT2D eigenvalue weighted by Crippen LogP contribution is -2.40. The van der Waals surface area contributed by atoms with E-state index >= 15 is 0 Å². The van der Waals surface area contributed by atoms with Crippen molar-refractivity contribution in [1.29, 1.82) is 0 Å². The number of nitrogens with one attached hydrogen (secondary N) is 1. The second kappa shape index (κ2) is 7.51. The summed E-state index contributed by atoms with van der Waals surface area (Å²) in [7, 11) is -1.81. The van der Waals surface area contributed by atoms with Gasteiger partial charge in [0.2, 0.25) is 0 Å². The van der Waals surface area contributed by atoms with Crippen molar-refractivity contribution in [2.75, 3.05) is 6.61 Å². The van der Waals surface area contributed by atoms with E-state index in [4.69, 9.17) is 4.43 Å². The van der Waals surface area contributed by atoms with E-state index in [9.17, 15) is 9.59 Å². The Balaban J connectivity index is 2.44. The Labute approximate surface area is 133 Å². The summed E-state index contributed by atoms with van der Waals surface area (Å²) >= 11 is 0. The van der Waals surface area contributed by atoms with Crippen LogP contribution in [0.1, 0.15) is 31.1 Å². The predicted molar refractivity (Wildman–Crippen MR) is 91.2 cm³/mol. The first-order valence-electron chi connectivity index (χ1n) is 7.34. The van der Waals surface area contributed by atoms with Crippen molar-refractivity contribution in [3.8, 4) is 0 Å². The summed E-state index contributed by atoms with van der Waals surface area (Å²) in [5.41, 5.74) is 0.460. The Hall–Kier alpha value is -1.72. The van der Waals surface area contributed by atoms with Crippen LogP contribution in [-0.4, -0.2) is 26.7 Å². The number of rotatable bonds is 5. The van der Waals surface area contributed by atoms with Gasteiger partial charge in [-0.15, -0.1) is 0 Å². The Morgan fingerprint density at radius 1 is 1.18 bits per heavy atom. The fourth-order valence-electron chi connectivity index (χ4n) is 1.44. The van der Waals surface area contributed by atoms with Crippen molar-refractivity contribution in [3.63, 3.8) is 0 Å². The second-order valence-electron chi connectivity index (χ2n) is 6.66. The summed E-state index contributed by atoms with van der Waals surface area (Å²) < 4.78 is 5.92. The first kappa shape index (κ1) is 18.3. The average Bonchev–Trinajstić information content (AvgIpc) is 2.43. The highest BCUT2D eigenvalue weighted by atomic mass is 28.4. The van der Waals surface area contributed by atoms with Crippen molar-refractivity contribution in [2.24, 2.45) is 0 Å². The molecule has 5 heteroatoms. The molecule has 22 heavy (non-hydrogen) atoms. The molecule has 0 radical (unpaired) electrons. The largest absolute Gasteiger partial charge is 0.413 e. The molecule has 0 aliphatic rings. The zero-order valence-corrected chi connectivity index (χ0v) is 15.0. The molecule has 120 valence electrons. The van der Waals surface area contributed by atoms with Crippen LogP contribution >= 0.6 is 0 Å². The lowest BCUT2D eigenvalue weighted by Gasteiger charge is -2.35. The standard InChI is InChI=1S/C17H25NO3Si/c1-17(2,3)22(4,5)21-13-9-12-15(19)18-16(20)14-10-7-6-8-11-14/h6-12H,13H2,1-5H3,(H,18,19,20)/b12-9+. The molecule has 0 saturated heterocycles. The highest BCUT2D eigenvalue weighted by molar-refractivity contribution is 6.74. The molecular formula is C17H25NO3Si. The van der Waals surface area contributed by atoms with Gasteiger partial charge in [0.05, 0.1) is 6.61 Å². The topological polar surface area (TPSA) is 55.4 Å². The van der Waals surface area contributed by atoms with Crippen molar-refractivity contribution in [2.45, 2.75) is 38.9 Å². The molecule has 0 bridgehead atoms. The van der Waals surface area contributed by atoms with Crippen LogP contribution < -0.4 is 5.32 Å². The van der Waals surface area contributed by atoms with E-state index in [1.54, 1.807) is 30.3 Å². The number of amides is 2. The monoisotopic (exact) mass is 319 g/mol. The van der Waals surface area contributed by atoms with Crippen molar-refractivity contribution < 1.29 is 14.0 Å². The maximum absolute atomic E-state index is 11.8. The molecule has 0 saturated carbocycles. The number of hydrogen-bond donors (Lipinski definition) is 1. The van der Waals surface area contributed by atoms with Gasteiger partial charge in [0, 0.05) is 11.6 Å². The zero-order chi connectivity index (χ0) is 16.8. The smallest absolute Gasteiger partial charge is 0.258 e. The molecule has 2 amide bonds. The molecule has 0 spiro atoms. The van der Waals surface area contributed by atoms with E-state index < -0.39 is 20.1 Å². The molecule has 0 unspecified atom stereocenters. The second-order valence-corrected chi connectivity index (χ2v) is 11.5. The summed E-state index contributed by atoms with van der Waals surface area (Å²) in [5.74, 6) is -0.840. The van der Waals surface area contributed by atoms with Crippen LogP contribution in [0.3, 0.4) is 0 Å². The number of hydrogen-bond acceptors (Lipinski definition) is 3. The molecule has 1 aromatic carbocycles. The number of carbonyl (C=O) groups is 2. The molecular weight excluding hydrogens is 294 g/mol. The first-order valence-corrected chi connectivity index (χ1v) is 10.3. The Bertz CT molecular complexity index is 545. The molecule has 0 aliphatic heterocycles. The average molecular weight is 319 g/mol. The summed E-state index contributed by atoms with van der Waals surface area (Å²) in [6, 6.07) is 8.64. The van der Waals surface area contributed by atoms with Gasteiger partial charge >= 0.3 is 0 Å². The van der Waals surface area contributed by atoms with E-state index in [0.717, 1.165) is 0 Å². The number of imide groups is 1. The van der Waals surface area contributed by atoms with E-state index in [1.807, 2.05) is 6.07 Å². The van der Waals surface area contributed by atoms with E-state index in [-0.39, 0.29) is 5.04 Å². The summed E-state index contributed by atoms with van der Waals surface area (Å²) in [6.45, 7) is 11.2. The minimum atomic E-state index is -1.81. The summed E-state index contributed by atoms with van der Waals surface area (Å²) in [6.07, 6.45) is 2.99. The molecule has 1 aromatic rings. The predicted octanol–water partition coefficient (Wildman–Crippen LogP) is 3.52. The fraction of sp³-hybridized carbons (Fsp3) is 0.412. The van der Waals surface area contributed by atoms with Crippen molar-refractivity contribution in [3.05, 3.63) is 48.0 Å². The van der Waals surface area contributed by atoms with Crippen LogP contribution in [0.4, 0.5) is 0 Å². The highest BCUT2D eigenvalue weighted by Crippen LogP contribution is 2.36.